The Bertz CT molecular complexity index is 178. The van der Waals surface area contributed by atoms with E-state index in [-0.39, 0.29) is 11.4 Å². The van der Waals surface area contributed by atoms with Crippen LogP contribution in [0.4, 0.5) is 0 Å². The summed E-state index contributed by atoms with van der Waals surface area (Å²) in [5.74, 6) is -0.112. The maximum atomic E-state index is 11.4. The van der Waals surface area contributed by atoms with E-state index in [9.17, 15) is 4.79 Å². The van der Waals surface area contributed by atoms with Crippen LogP contribution in [0.5, 0.6) is 0 Å². The van der Waals surface area contributed by atoms with Crippen LogP contribution < -0.4 is 0 Å². The van der Waals surface area contributed by atoms with Crippen LogP contribution in [-0.4, -0.2) is 30.7 Å². The quantitative estimate of drug-likeness (QED) is 0.612. The molecule has 0 unspecified atom stereocenters. The fourth-order valence-electron chi connectivity index (χ4n) is 1.28. The molecule has 0 aliphatic carbocycles. The van der Waals surface area contributed by atoms with E-state index in [0.29, 0.717) is 6.73 Å². The minimum absolute atomic E-state index is 0.112. The molecule has 0 aromatic heterocycles. The molecular formula is C10H19NO2. The molecule has 0 saturated carbocycles. The fraction of sp³-hybridized carbons (Fsp3) is 0.900. The Morgan fingerprint density at radius 1 is 1.31 bits per heavy atom. The zero-order valence-corrected chi connectivity index (χ0v) is 8.80. The third-order valence-electron chi connectivity index (χ3n) is 2.19. The van der Waals surface area contributed by atoms with E-state index in [4.69, 9.17) is 4.74 Å². The van der Waals surface area contributed by atoms with Crippen molar-refractivity contribution in [1.82, 2.24) is 4.90 Å². The normalized spacial score (nSPS) is 19.0. The van der Waals surface area contributed by atoms with Gasteiger partial charge in [-0.1, -0.05) is 0 Å². The van der Waals surface area contributed by atoms with Crippen molar-refractivity contribution in [2.45, 2.75) is 33.6 Å². The van der Waals surface area contributed by atoms with Crippen LogP contribution in [0.15, 0.2) is 0 Å². The molecule has 0 aromatic rings. The van der Waals surface area contributed by atoms with Gasteiger partial charge in [-0.3, -0.25) is 9.69 Å². The predicted octanol–water partition coefficient (Wildman–Crippen LogP) is 1.63. The molecule has 1 saturated heterocycles. The van der Waals surface area contributed by atoms with Crippen LogP contribution >= 0.6 is 0 Å². The third kappa shape index (κ3) is 3.35. The Balaban J connectivity index is 2.22. The van der Waals surface area contributed by atoms with Gasteiger partial charge < -0.3 is 4.74 Å². The number of esters is 1. The lowest BCUT2D eigenvalue weighted by molar-refractivity contribution is -0.157. The van der Waals surface area contributed by atoms with Crippen molar-refractivity contribution in [3.05, 3.63) is 0 Å². The van der Waals surface area contributed by atoms with E-state index in [0.717, 1.165) is 13.1 Å². The Hall–Kier alpha value is -0.570. The molecule has 1 aliphatic heterocycles. The van der Waals surface area contributed by atoms with Gasteiger partial charge in [-0.2, -0.15) is 0 Å². The van der Waals surface area contributed by atoms with E-state index < -0.39 is 0 Å². The maximum Gasteiger partial charge on any atom is 0.312 e. The van der Waals surface area contributed by atoms with Crippen molar-refractivity contribution in [3.63, 3.8) is 0 Å². The fourth-order valence-corrected chi connectivity index (χ4v) is 1.28. The highest BCUT2D eigenvalue weighted by molar-refractivity contribution is 5.75. The molecule has 0 radical (unpaired) electrons. The van der Waals surface area contributed by atoms with Gasteiger partial charge in [0.25, 0.3) is 0 Å². The summed E-state index contributed by atoms with van der Waals surface area (Å²) in [6.45, 7) is 8.23. The lowest BCUT2D eigenvalue weighted by atomic mass is 9.98. The zero-order chi connectivity index (χ0) is 9.90. The van der Waals surface area contributed by atoms with Gasteiger partial charge in [-0.25, -0.2) is 0 Å². The van der Waals surface area contributed by atoms with E-state index in [1.54, 1.807) is 0 Å². The number of ether oxygens (including phenoxy) is 1. The monoisotopic (exact) mass is 185 g/mol. The molecule has 1 heterocycles. The number of likely N-dealkylation sites (tertiary alicyclic amines) is 1. The van der Waals surface area contributed by atoms with Gasteiger partial charge in [0, 0.05) is 13.1 Å². The first-order valence-corrected chi connectivity index (χ1v) is 4.90. The summed E-state index contributed by atoms with van der Waals surface area (Å²) in [7, 11) is 0. The number of hydrogen-bond acceptors (Lipinski definition) is 3. The first-order valence-electron chi connectivity index (χ1n) is 4.90. The van der Waals surface area contributed by atoms with Gasteiger partial charge in [0.05, 0.1) is 5.41 Å². The van der Waals surface area contributed by atoms with Gasteiger partial charge in [0.2, 0.25) is 0 Å². The van der Waals surface area contributed by atoms with Crippen LogP contribution in [0.25, 0.3) is 0 Å². The van der Waals surface area contributed by atoms with E-state index in [2.05, 4.69) is 4.90 Å². The van der Waals surface area contributed by atoms with E-state index >= 15 is 0 Å². The van der Waals surface area contributed by atoms with Gasteiger partial charge in [-0.15, -0.1) is 0 Å². The van der Waals surface area contributed by atoms with E-state index in [1.165, 1.54) is 12.8 Å². The minimum atomic E-state index is -0.375. The second-order valence-electron chi connectivity index (χ2n) is 4.64. The van der Waals surface area contributed by atoms with Gasteiger partial charge >= 0.3 is 5.97 Å². The number of carbonyl (C=O) groups excluding carboxylic acids is 1. The SMILES string of the molecule is CC(C)(C)C(=O)OCN1CCCC1. The summed E-state index contributed by atoms with van der Waals surface area (Å²) in [4.78, 5) is 13.5. The smallest absolute Gasteiger partial charge is 0.312 e. The van der Waals surface area contributed by atoms with Crippen molar-refractivity contribution in [3.8, 4) is 0 Å². The highest BCUT2D eigenvalue weighted by Crippen LogP contribution is 2.16. The molecule has 3 heteroatoms. The average molecular weight is 185 g/mol. The van der Waals surface area contributed by atoms with Crippen LogP contribution in [0.2, 0.25) is 0 Å². The summed E-state index contributed by atoms with van der Waals surface area (Å²) in [6.07, 6.45) is 2.46. The van der Waals surface area contributed by atoms with Crippen LogP contribution in [0.3, 0.4) is 0 Å². The highest BCUT2D eigenvalue weighted by Gasteiger charge is 2.24. The molecular weight excluding hydrogens is 166 g/mol. The predicted molar refractivity (Wildman–Crippen MR) is 51.2 cm³/mol. The largest absolute Gasteiger partial charge is 0.449 e. The first-order chi connectivity index (χ1) is 6.00. The van der Waals surface area contributed by atoms with Crippen molar-refractivity contribution in [1.29, 1.82) is 0 Å². The van der Waals surface area contributed by atoms with Gasteiger partial charge in [-0.05, 0) is 33.6 Å². The van der Waals surface area contributed by atoms with Crippen molar-refractivity contribution in [2.75, 3.05) is 19.8 Å². The molecule has 0 aromatic carbocycles. The topological polar surface area (TPSA) is 29.5 Å². The Labute approximate surface area is 80.1 Å². The Kier molecular flexibility index (Phi) is 3.31. The van der Waals surface area contributed by atoms with Gasteiger partial charge in [0.15, 0.2) is 0 Å². The molecule has 13 heavy (non-hydrogen) atoms. The standard InChI is InChI=1S/C10H19NO2/c1-10(2,3)9(12)13-8-11-6-4-5-7-11/h4-8H2,1-3H3. The lowest BCUT2D eigenvalue weighted by Gasteiger charge is -2.20. The summed E-state index contributed by atoms with van der Waals surface area (Å²) < 4.78 is 5.18. The number of hydrogen-bond donors (Lipinski definition) is 0. The number of nitrogens with zero attached hydrogens (tertiary/aromatic N) is 1. The zero-order valence-electron chi connectivity index (χ0n) is 8.80. The molecule has 1 rings (SSSR count). The average Bonchev–Trinajstić information content (AvgIpc) is 2.50. The molecule has 3 nitrogen and oxygen atoms in total. The third-order valence-corrected chi connectivity index (χ3v) is 2.19. The number of rotatable bonds is 2. The molecule has 0 amide bonds. The van der Waals surface area contributed by atoms with Crippen LogP contribution in [-0.2, 0) is 9.53 Å². The van der Waals surface area contributed by atoms with Gasteiger partial charge in [0.1, 0.15) is 6.73 Å². The second-order valence-corrected chi connectivity index (χ2v) is 4.64. The molecule has 1 aliphatic rings. The molecule has 0 spiro atoms. The summed E-state index contributed by atoms with van der Waals surface area (Å²) >= 11 is 0. The molecule has 0 N–H and O–H groups in total. The van der Waals surface area contributed by atoms with Crippen LogP contribution in [0.1, 0.15) is 33.6 Å². The van der Waals surface area contributed by atoms with Crippen molar-refractivity contribution in [2.24, 2.45) is 5.41 Å². The second kappa shape index (κ2) is 4.09. The van der Waals surface area contributed by atoms with E-state index in [1.807, 2.05) is 20.8 Å². The summed E-state index contributed by atoms with van der Waals surface area (Å²) in [6, 6.07) is 0. The highest BCUT2D eigenvalue weighted by atomic mass is 16.5. The minimum Gasteiger partial charge on any atom is -0.449 e. The number of carbonyl (C=O) groups is 1. The molecule has 0 bridgehead atoms. The Morgan fingerprint density at radius 2 is 1.85 bits per heavy atom. The molecule has 76 valence electrons. The van der Waals surface area contributed by atoms with Crippen molar-refractivity contribution >= 4 is 5.97 Å². The molecule has 0 atom stereocenters. The lowest BCUT2D eigenvalue weighted by Crippen LogP contribution is -2.30. The van der Waals surface area contributed by atoms with Crippen LogP contribution in [0, 0.1) is 5.41 Å². The Morgan fingerprint density at radius 3 is 2.31 bits per heavy atom. The summed E-state index contributed by atoms with van der Waals surface area (Å²) in [5, 5.41) is 0. The molecule has 1 fully saturated rings. The summed E-state index contributed by atoms with van der Waals surface area (Å²) in [5.41, 5.74) is -0.375. The first kappa shape index (κ1) is 10.5. The maximum absolute atomic E-state index is 11.4. The van der Waals surface area contributed by atoms with Crippen molar-refractivity contribution < 1.29 is 9.53 Å².